The largest absolute Gasteiger partial charge is 0.468 e. The lowest BCUT2D eigenvalue weighted by Crippen LogP contribution is -2.47. The van der Waals surface area contributed by atoms with Gasteiger partial charge in [0, 0.05) is 25.3 Å². The van der Waals surface area contributed by atoms with Crippen LogP contribution in [0.4, 0.5) is 10.1 Å². The molecule has 1 aliphatic rings. The molecule has 1 unspecified atom stereocenters. The number of anilines is 1. The van der Waals surface area contributed by atoms with Crippen molar-refractivity contribution < 1.29 is 32.6 Å². The van der Waals surface area contributed by atoms with Crippen LogP contribution < -0.4 is 20.2 Å². The van der Waals surface area contributed by atoms with Gasteiger partial charge >= 0.3 is 13.6 Å². The molecule has 0 radical (unpaired) electrons. The predicted molar refractivity (Wildman–Crippen MR) is 154 cm³/mol. The summed E-state index contributed by atoms with van der Waals surface area (Å²) in [4.78, 5) is 37.9. The Labute approximate surface area is 250 Å². The average molecular weight is 641 g/mol. The highest BCUT2D eigenvalue weighted by molar-refractivity contribution is 7.54. The van der Waals surface area contributed by atoms with Crippen LogP contribution >= 0.6 is 30.9 Å². The molecule has 0 saturated carbocycles. The zero-order valence-corrected chi connectivity index (χ0v) is 24.9. The van der Waals surface area contributed by atoms with Gasteiger partial charge in [-0.15, -0.1) is 0 Å². The fourth-order valence-electron chi connectivity index (χ4n) is 4.26. The van der Waals surface area contributed by atoms with E-state index in [9.17, 15) is 23.3 Å². The van der Waals surface area contributed by atoms with Crippen molar-refractivity contribution in [2.75, 3.05) is 25.5 Å². The summed E-state index contributed by atoms with van der Waals surface area (Å²) >= 11 is 12.2. The number of amides is 2. The van der Waals surface area contributed by atoms with Crippen LogP contribution in [-0.2, 0) is 14.1 Å². The number of nitrogens with one attached hydrogen (secondary N) is 4. The summed E-state index contributed by atoms with van der Waals surface area (Å²) in [6.07, 6.45) is 2.10. The lowest BCUT2D eigenvalue weighted by atomic mass is 10.1. The van der Waals surface area contributed by atoms with E-state index in [2.05, 4.69) is 25.9 Å². The molecule has 1 aromatic heterocycles. The van der Waals surface area contributed by atoms with Gasteiger partial charge in [-0.05, 0) is 56.2 Å². The monoisotopic (exact) mass is 640 g/mol. The molecular weight excluding hydrogens is 613 g/mol. The fraction of sp³-hybridized carbons (Fsp3) is 0.308. The molecule has 3 aromatic rings. The average Bonchev–Trinajstić information content (AvgIpc) is 3.42. The van der Waals surface area contributed by atoms with Crippen LogP contribution in [0.15, 0.2) is 48.7 Å². The molecule has 1 aliphatic heterocycles. The molecule has 2 aromatic carbocycles. The highest BCUT2D eigenvalue weighted by Gasteiger charge is 2.39. The minimum Gasteiger partial charge on any atom is -0.468 e. The van der Waals surface area contributed by atoms with Gasteiger partial charge in [-0.1, -0.05) is 29.3 Å². The number of esters is 1. The molecule has 1 fully saturated rings. The van der Waals surface area contributed by atoms with Crippen LogP contribution in [0.3, 0.4) is 0 Å². The number of ether oxygens (including phenoxy) is 1. The number of methoxy groups -OCH3 is 1. The number of aromatic nitrogens is 2. The Morgan fingerprint density at radius 3 is 2.36 bits per heavy atom. The first kappa shape index (κ1) is 31.5. The first-order chi connectivity index (χ1) is 20.0. The second-order valence-corrected chi connectivity index (χ2v) is 12.2. The number of H-pyrrole nitrogens is 1. The third-order valence-corrected chi connectivity index (χ3v) is 9.37. The molecule has 16 heteroatoms. The number of hydrogen-bond donors (Lipinski definition) is 4. The maximum atomic E-state index is 14.0. The van der Waals surface area contributed by atoms with Gasteiger partial charge in [0.25, 0.3) is 11.8 Å². The number of hydrogen-bond acceptors (Lipinski definition) is 7. The number of aromatic amines is 1. The molecule has 224 valence electrons. The van der Waals surface area contributed by atoms with Crippen molar-refractivity contribution in [1.82, 2.24) is 25.3 Å². The number of nitrogens with zero attached hydrogens (tertiary/aromatic N) is 2. The molecule has 2 heterocycles. The summed E-state index contributed by atoms with van der Waals surface area (Å²) < 4.78 is 39.5. The molecule has 2 atom stereocenters. The number of carbonyl (C=O) groups excluding carboxylic acids is 3. The van der Waals surface area contributed by atoms with E-state index < -0.39 is 37.3 Å². The second-order valence-electron chi connectivity index (χ2n) is 9.34. The van der Waals surface area contributed by atoms with Gasteiger partial charge in [-0.2, -0.15) is 5.10 Å². The Balaban J connectivity index is 1.41. The summed E-state index contributed by atoms with van der Waals surface area (Å²) in [5.41, 5.74) is 0.139. The van der Waals surface area contributed by atoms with E-state index in [0.717, 1.165) is 0 Å². The Morgan fingerprint density at radius 1 is 1.10 bits per heavy atom. The standard InChI is InChI=1S/C26H28Cl2FN6O6P/c1-15(26(38)40-2)34-42(39,41-18-8-6-16(29)7-9-18)35-12-10-17(11-13-35)31-25(37)23-21(14-30-33-23)32-24(36)22-19(27)4-3-5-20(22)28/h3-9,14-15,17H,10-13H2,1-2H3,(H,30,33)(H,31,37)(H,32,36)(H,34,39)/t15-,42?/m0/s1. The number of piperidine rings is 1. The van der Waals surface area contributed by atoms with Gasteiger partial charge < -0.3 is 19.9 Å². The molecule has 4 N–H and O–H groups in total. The van der Waals surface area contributed by atoms with E-state index in [4.69, 9.17) is 32.5 Å². The summed E-state index contributed by atoms with van der Waals surface area (Å²) in [5.74, 6) is -2.14. The van der Waals surface area contributed by atoms with E-state index in [-0.39, 0.29) is 51.9 Å². The van der Waals surface area contributed by atoms with Gasteiger partial charge in [0.1, 0.15) is 17.6 Å². The van der Waals surface area contributed by atoms with Crippen molar-refractivity contribution in [3.8, 4) is 5.75 Å². The lowest BCUT2D eigenvalue weighted by Gasteiger charge is -2.37. The summed E-state index contributed by atoms with van der Waals surface area (Å²) in [7, 11) is -2.65. The highest BCUT2D eigenvalue weighted by atomic mass is 35.5. The van der Waals surface area contributed by atoms with E-state index in [1.165, 1.54) is 56.6 Å². The Bertz CT molecular complexity index is 1480. The molecular formula is C26H28Cl2FN6O6P. The Kier molecular flexibility index (Phi) is 10.2. The zero-order chi connectivity index (χ0) is 30.4. The van der Waals surface area contributed by atoms with E-state index >= 15 is 0 Å². The van der Waals surface area contributed by atoms with Crippen LogP contribution in [0.25, 0.3) is 0 Å². The molecule has 4 rings (SSSR count). The summed E-state index contributed by atoms with van der Waals surface area (Å²) in [6.45, 7) is 1.93. The van der Waals surface area contributed by atoms with Gasteiger partial charge in [-0.3, -0.25) is 19.5 Å². The van der Waals surface area contributed by atoms with Gasteiger partial charge in [0.2, 0.25) is 0 Å². The predicted octanol–water partition coefficient (Wildman–Crippen LogP) is 4.64. The lowest BCUT2D eigenvalue weighted by molar-refractivity contribution is -0.142. The van der Waals surface area contributed by atoms with Crippen LogP contribution in [0.5, 0.6) is 5.75 Å². The van der Waals surface area contributed by atoms with Crippen LogP contribution in [0.1, 0.15) is 40.6 Å². The minimum absolute atomic E-state index is 0.0483. The van der Waals surface area contributed by atoms with Gasteiger partial charge in [-0.25, -0.2) is 18.7 Å². The van der Waals surface area contributed by atoms with Gasteiger partial charge in [0.15, 0.2) is 5.69 Å². The third kappa shape index (κ3) is 7.47. The van der Waals surface area contributed by atoms with Crippen molar-refractivity contribution in [3.63, 3.8) is 0 Å². The van der Waals surface area contributed by atoms with Crippen LogP contribution in [0.2, 0.25) is 10.0 Å². The Morgan fingerprint density at radius 2 is 1.74 bits per heavy atom. The number of halogens is 3. The fourth-order valence-corrected chi connectivity index (χ4v) is 6.92. The molecule has 0 spiro atoms. The van der Waals surface area contributed by atoms with Crippen molar-refractivity contribution in [1.29, 1.82) is 0 Å². The first-order valence-electron chi connectivity index (χ1n) is 12.8. The highest BCUT2D eigenvalue weighted by Crippen LogP contribution is 2.49. The summed E-state index contributed by atoms with van der Waals surface area (Å²) in [5, 5.41) is 15.0. The van der Waals surface area contributed by atoms with Crippen molar-refractivity contribution >= 4 is 54.3 Å². The molecule has 0 aliphatic carbocycles. The number of rotatable bonds is 10. The van der Waals surface area contributed by atoms with Crippen molar-refractivity contribution in [2.45, 2.75) is 31.8 Å². The quantitative estimate of drug-likeness (QED) is 0.183. The SMILES string of the molecule is COC(=O)[C@H](C)NP(=O)(Oc1ccc(F)cc1)N1CCC(NC(=O)c2n[nH]cc2NC(=O)c2c(Cl)cccc2Cl)CC1. The smallest absolute Gasteiger partial charge is 0.393 e. The maximum absolute atomic E-state index is 14.0. The number of benzene rings is 2. The first-order valence-corrected chi connectivity index (χ1v) is 15.1. The maximum Gasteiger partial charge on any atom is 0.393 e. The molecule has 12 nitrogen and oxygen atoms in total. The Hall–Kier alpha value is -3.48. The van der Waals surface area contributed by atoms with Crippen molar-refractivity contribution in [2.24, 2.45) is 0 Å². The van der Waals surface area contributed by atoms with Crippen molar-refractivity contribution in [3.05, 3.63) is 75.8 Å². The van der Waals surface area contributed by atoms with Gasteiger partial charge in [0.05, 0.1) is 28.4 Å². The zero-order valence-electron chi connectivity index (χ0n) is 22.5. The second kappa shape index (κ2) is 13.7. The third-order valence-electron chi connectivity index (χ3n) is 6.43. The number of carbonyl (C=O) groups is 3. The molecule has 0 bridgehead atoms. The van der Waals surface area contributed by atoms with E-state index in [1.807, 2.05) is 0 Å². The molecule has 1 saturated heterocycles. The normalized spacial score (nSPS) is 16.2. The summed E-state index contributed by atoms with van der Waals surface area (Å²) in [6, 6.07) is 8.35. The van der Waals surface area contributed by atoms with E-state index in [0.29, 0.717) is 12.8 Å². The topological polar surface area (TPSA) is 155 Å². The molecule has 2 amide bonds. The van der Waals surface area contributed by atoms with Crippen LogP contribution in [0, 0.1) is 5.82 Å². The molecule has 42 heavy (non-hydrogen) atoms. The minimum atomic E-state index is -3.86. The van der Waals surface area contributed by atoms with E-state index in [1.54, 1.807) is 10.7 Å². The van der Waals surface area contributed by atoms with Crippen LogP contribution in [-0.4, -0.2) is 64.9 Å².